The number of rotatable bonds is 6. The maximum Gasteiger partial charge on any atom is 0.225 e. The van der Waals surface area contributed by atoms with Crippen LogP contribution in [0.2, 0.25) is 0 Å². The molecule has 1 aromatic heterocycles. The number of hydrogen-bond acceptors (Lipinski definition) is 4. The van der Waals surface area contributed by atoms with E-state index in [1.165, 1.54) is 12.1 Å². The van der Waals surface area contributed by atoms with Crippen LogP contribution in [0.25, 0.3) is 22.4 Å². The molecule has 0 aliphatic rings. The first-order valence-electron chi connectivity index (χ1n) is 9.14. The lowest BCUT2D eigenvalue weighted by molar-refractivity contribution is -0.115. The molecule has 146 valence electrons. The maximum absolute atomic E-state index is 12.3. The van der Waals surface area contributed by atoms with E-state index in [1.54, 1.807) is 30.3 Å². The highest BCUT2D eigenvalue weighted by Crippen LogP contribution is 2.23. The number of carbonyl (C=O) groups excluding carboxylic acids is 1. The van der Waals surface area contributed by atoms with Gasteiger partial charge >= 0.3 is 0 Å². The van der Waals surface area contributed by atoms with Crippen LogP contribution in [-0.2, 0) is 14.6 Å². The van der Waals surface area contributed by atoms with Crippen molar-refractivity contribution < 1.29 is 13.2 Å². The Morgan fingerprint density at radius 2 is 1.69 bits per heavy atom. The largest absolute Gasteiger partial charge is 0.338 e. The molecule has 0 radical (unpaired) electrons. The van der Waals surface area contributed by atoms with Crippen LogP contribution >= 0.6 is 0 Å². The zero-order valence-electron chi connectivity index (χ0n) is 15.5. The standard InChI is InChI=1S/C22H19N3O3S/c26-21(13-14-29(27,28)18-9-2-1-3-10-18)23-17-8-6-7-16(15-17)22-24-19-11-4-5-12-20(19)25-22/h1-12,15H,13-14H2,(H,23,26)(H,24,25). The van der Waals surface area contributed by atoms with Crippen LogP contribution in [0.1, 0.15) is 6.42 Å². The highest BCUT2D eigenvalue weighted by molar-refractivity contribution is 7.91. The van der Waals surface area contributed by atoms with Gasteiger partial charge in [0, 0.05) is 17.7 Å². The lowest BCUT2D eigenvalue weighted by Crippen LogP contribution is -2.17. The molecule has 0 bridgehead atoms. The molecular weight excluding hydrogens is 386 g/mol. The first-order chi connectivity index (χ1) is 14.0. The SMILES string of the molecule is O=C(CCS(=O)(=O)c1ccccc1)Nc1cccc(-c2nc3ccccc3[nH]2)c1. The third-order valence-electron chi connectivity index (χ3n) is 4.51. The predicted molar refractivity (Wildman–Crippen MR) is 113 cm³/mol. The fourth-order valence-electron chi connectivity index (χ4n) is 3.03. The molecule has 0 saturated carbocycles. The first kappa shape index (κ1) is 18.9. The van der Waals surface area contributed by atoms with E-state index in [0.717, 1.165) is 16.6 Å². The van der Waals surface area contributed by atoms with Crippen molar-refractivity contribution in [3.63, 3.8) is 0 Å². The monoisotopic (exact) mass is 405 g/mol. The van der Waals surface area contributed by atoms with Crippen molar-refractivity contribution in [1.29, 1.82) is 0 Å². The second kappa shape index (κ2) is 7.89. The normalized spacial score (nSPS) is 11.4. The summed E-state index contributed by atoms with van der Waals surface area (Å²) in [6.45, 7) is 0. The Labute approximate surface area is 168 Å². The van der Waals surface area contributed by atoms with E-state index in [0.29, 0.717) is 11.5 Å². The van der Waals surface area contributed by atoms with Gasteiger partial charge in [-0.25, -0.2) is 13.4 Å². The van der Waals surface area contributed by atoms with E-state index < -0.39 is 9.84 Å². The molecule has 0 fully saturated rings. The molecular formula is C22H19N3O3S. The third kappa shape index (κ3) is 4.35. The summed E-state index contributed by atoms with van der Waals surface area (Å²) in [4.78, 5) is 20.3. The zero-order chi connectivity index (χ0) is 20.3. The van der Waals surface area contributed by atoms with Crippen molar-refractivity contribution in [2.24, 2.45) is 0 Å². The Bertz CT molecular complexity index is 1230. The number of sulfone groups is 1. The molecule has 2 N–H and O–H groups in total. The quantitative estimate of drug-likeness (QED) is 0.507. The Hall–Kier alpha value is -3.45. The number of aromatic amines is 1. The summed E-state index contributed by atoms with van der Waals surface area (Å²) in [6.07, 6.45) is -0.119. The number of H-pyrrole nitrogens is 1. The Kier molecular flexibility index (Phi) is 5.14. The summed E-state index contributed by atoms with van der Waals surface area (Å²) in [5.41, 5.74) is 3.21. The lowest BCUT2D eigenvalue weighted by atomic mass is 10.2. The Morgan fingerprint density at radius 3 is 2.48 bits per heavy atom. The highest BCUT2D eigenvalue weighted by Gasteiger charge is 2.16. The van der Waals surface area contributed by atoms with Gasteiger partial charge in [-0.15, -0.1) is 0 Å². The fourth-order valence-corrected chi connectivity index (χ4v) is 4.29. The van der Waals surface area contributed by atoms with Gasteiger partial charge in [-0.1, -0.05) is 42.5 Å². The van der Waals surface area contributed by atoms with Crippen LogP contribution in [0.3, 0.4) is 0 Å². The molecule has 0 aliphatic heterocycles. The van der Waals surface area contributed by atoms with Gasteiger partial charge < -0.3 is 10.3 Å². The molecule has 1 heterocycles. The number of benzene rings is 3. The van der Waals surface area contributed by atoms with Gasteiger partial charge in [0.05, 0.1) is 21.7 Å². The minimum atomic E-state index is -3.49. The number of nitrogens with zero attached hydrogens (tertiary/aromatic N) is 1. The van der Waals surface area contributed by atoms with Crippen molar-refractivity contribution in [1.82, 2.24) is 9.97 Å². The van der Waals surface area contributed by atoms with E-state index in [9.17, 15) is 13.2 Å². The summed E-state index contributed by atoms with van der Waals surface area (Å²) in [7, 11) is -3.49. The van der Waals surface area contributed by atoms with E-state index in [2.05, 4.69) is 15.3 Å². The van der Waals surface area contributed by atoms with Gasteiger partial charge in [0.2, 0.25) is 5.91 Å². The van der Waals surface area contributed by atoms with E-state index in [-0.39, 0.29) is 23.0 Å². The van der Waals surface area contributed by atoms with Crippen LogP contribution in [0.4, 0.5) is 5.69 Å². The zero-order valence-corrected chi connectivity index (χ0v) is 16.3. The minimum absolute atomic E-state index is 0.119. The van der Waals surface area contributed by atoms with E-state index >= 15 is 0 Å². The highest BCUT2D eigenvalue weighted by atomic mass is 32.2. The van der Waals surface area contributed by atoms with E-state index in [1.807, 2.05) is 36.4 Å². The minimum Gasteiger partial charge on any atom is -0.338 e. The van der Waals surface area contributed by atoms with Crippen molar-refractivity contribution in [2.45, 2.75) is 11.3 Å². The summed E-state index contributed by atoms with van der Waals surface area (Å²) >= 11 is 0. The number of amides is 1. The molecule has 1 amide bonds. The Morgan fingerprint density at radius 1 is 0.931 bits per heavy atom. The molecule has 0 aliphatic carbocycles. The molecule has 7 heteroatoms. The number of anilines is 1. The van der Waals surface area contributed by atoms with Crippen LogP contribution in [0.15, 0.2) is 83.8 Å². The topological polar surface area (TPSA) is 91.9 Å². The van der Waals surface area contributed by atoms with Gasteiger partial charge in [-0.2, -0.15) is 0 Å². The molecule has 0 spiro atoms. The summed E-state index contributed by atoms with van der Waals surface area (Å²) < 4.78 is 24.6. The molecule has 0 unspecified atom stereocenters. The molecule has 0 atom stereocenters. The van der Waals surface area contributed by atoms with E-state index in [4.69, 9.17) is 0 Å². The number of fused-ring (bicyclic) bond motifs is 1. The lowest BCUT2D eigenvalue weighted by Gasteiger charge is -2.07. The van der Waals surface area contributed by atoms with Crippen LogP contribution in [0, 0.1) is 0 Å². The van der Waals surface area contributed by atoms with Crippen LogP contribution in [-0.4, -0.2) is 30.0 Å². The summed E-state index contributed by atoms with van der Waals surface area (Å²) in [5, 5.41) is 2.76. The summed E-state index contributed by atoms with van der Waals surface area (Å²) in [5.74, 6) is 0.103. The second-order valence-electron chi connectivity index (χ2n) is 6.61. The number of imidazole rings is 1. The first-order valence-corrected chi connectivity index (χ1v) is 10.8. The van der Waals surface area contributed by atoms with Gasteiger partial charge in [0.25, 0.3) is 0 Å². The third-order valence-corrected chi connectivity index (χ3v) is 6.24. The maximum atomic E-state index is 12.3. The van der Waals surface area contributed by atoms with Crippen molar-refractivity contribution >= 4 is 32.5 Å². The predicted octanol–water partition coefficient (Wildman–Crippen LogP) is 4.03. The van der Waals surface area contributed by atoms with Crippen LogP contribution in [0.5, 0.6) is 0 Å². The van der Waals surface area contributed by atoms with Crippen molar-refractivity contribution in [3.05, 3.63) is 78.9 Å². The second-order valence-corrected chi connectivity index (χ2v) is 8.72. The van der Waals surface area contributed by atoms with Gasteiger partial charge in [0.1, 0.15) is 5.82 Å². The van der Waals surface area contributed by atoms with Crippen molar-refractivity contribution in [3.8, 4) is 11.4 Å². The average molecular weight is 405 g/mol. The Balaban J connectivity index is 1.44. The number of carbonyl (C=O) groups is 1. The number of aromatic nitrogens is 2. The van der Waals surface area contributed by atoms with Gasteiger partial charge in [0.15, 0.2) is 9.84 Å². The summed E-state index contributed by atoms with van der Waals surface area (Å²) in [6, 6.07) is 23.2. The molecule has 0 saturated heterocycles. The molecule has 29 heavy (non-hydrogen) atoms. The average Bonchev–Trinajstić information content (AvgIpc) is 3.18. The number of hydrogen-bond donors (Lipinski definition) is 2. The van der Waals surface area contributed by atoms with Crippen molar-refractivity contribution in [2.75, 3.05) is 11.1 Å². The van der Waals surface area contributed by atoms with Gasteiger partial charge in [-0.3, -0.25) is 4.79 Å². The molecule has 4 rings (SSSR count). The smallest absolute Gasteiger partial charge is 0.225 e. The molecule has 6 nitrogen and oxygen atoms in total. The molecule has 3 aromatic carbocycles. The van der Waals surface area contributed by atoms with Gasteiger partial charge in [-0.05, 0) is 36.4 Å². The number of nitrogens with one attached hydrogen (secondary N) is 2. The fraction of sp³-hybridized carbons (Fsp3) is 0.0909. The number of para-hydroxylation sites is 2. The molecule has 4 aromatic rings. The van der Waals surface area contributed by atoms with Crippen LogP contribution < -0.4 is 5.32 Å².